The van der Waals surface area contributed by atoms with Crippen LogP contribution in [0.4, 0.5) is 0 Å². The predicted octanol–water partition coefficient (Wildman–Crippen LogP) is 2.90. The Morgan fingerprint density at radius 2 is 1.82 bits per heavy atom. The van der Waals surface area contributed by atoms with Gasteiger partial charge < -0.3 is 10.0 Å². The lowest BCUT2D eigenvalue weighted by Gasteiger charge is -2.26. The normalized spacial score (nSPS) is 28.1. The van der Waals surface area contributed by atoms with Crippen LogP contribution in [-0.4, -0.2) is 35.1 Å². The molecule has 1 saturated heterocycles. The summed E-state index contributed by atoms with van der Waals surface area (Å²) in [4.78, 5) is 13.2. The van der Waals surface area contributed by atoms with Crippen molar-refractivity contribution in [2.75, 3.05) is 13.1 Å². The molecule has 0 spiro atoms. The average molecular weight is 239 g/mol. The maximum Gasteiger partial charge on any atom is 0.303 e. The van der Waals surface area contributed by atoms with Gasteiger partial charge in [-0.25, -0.2) is 0 Å². The molecule has 1 N–H and O–H groups in total. The summed E-state index contributed by atoms with van der Waals surface area (Å²) in [5.41, 5.74) is 0. The smallest absolute Gasteiger partial charge is 0.303 e. The molecule has 0 aromatic heterocycles. The fraction of sp³-hybridized carbons (Fsp3) is 0.929. The van der Waals surface area contributed by atoms with E-state index in [-0.39, 0.29) is 0 Å². The van der Waals surface area contributed by atoms with Crippen molar-refractivity contribution in [2.45, 2.75) is 63.8 Å². The van der Waals surface area contributed by atoms with E-state index in [4.69, 9.17) is 5.11 Å². The van der Waals surface area contributed by atoms with Gasteiger partial charge in [0, 0.05) is 19.0 Å². The maximum absolute atomic E-state index is 10.6. The number of nitrogens with zero attached hydrogens (tertiary/aromatic N) is 1. The SMILES string of the molecule is O=C(O)CCC1CCN(C2CCCCCC2)C1. The first-order chi connectivity index (χ1) is 8.25. The van der Waals surface area contributed by atoms with Gasteiger partial charge in [-0.3, -0.25) is 4.79 Å². The van der Waals surface area contributed by atoms with Crippen molar-refractivity contribution in [3.05, 3.63) is 0 Å². The van der Waals surface area contributed by atoms with Gasteiger partial charge in [-0.2, -0.15) is 0 Å². The van der Waals surface area contributed by atoms with Crippen molar-refractivity contribution in [2.24, 2.45) is 5.92 Å². The standard InChI is InChI=1S/C14H25NO2/c16-14(17)8-7-12-9-10-15(11-12)13-5-3-1-2-4-6-13/h12-13H,1-11H2,(H,16,17). The highest BCUT2D eigenvalue weighted by Crippen LogP contribution is 2.28. The monoisotopic (exact) mass is 239 g/mol. The van der Waals surface area contributed by atoms with Crippen LogP contribution in [0.15, 0.2) is 0 Å². The summed E-state index contributed by atoms with van der Waals surface area (Å²) < 4.78 is 0. The molecule has 3 heteroatoms. The fourth-order valence-corrected chi connectivity index (χ4v) is 3.38. The zero-order valence-corrected chi connectivity index (χ0v) is 10.7. The molecule has 3 nitrogen and oxygen atoms in total. The number of carbonyl (C=O) groups is 1. The lowest BCUT2D eigenvalue weighted by molar-refractivity contribution is -0.137. The van der Waals surface area contributed by atoms with Gasteiger partial charge in [-0.1, -0.05) is 25.7 Å². The topological polar surface area (TPSA) is 40.5 Å². The molecule has 1 unspecified atom stereocenters. The van der Waals surface area contributed by atoms with E-state index in [1.807, 2.05) is 0 Å². The van der Waals surface area contributed by atoms with Crippen molar-refractivity contribution in [1.29, 1.82) is 0 Å². The quantitative estimate of drug-likeness (QED) is 0.767. The summed E-state index contributed by atoms with van der Waals surface area (Å²) in [5.74, 6) is -0.00716. The molecule has 1 atom stereocenters. The van der Waals surface area contributed by atoms with Crippen molar-refractivity contribution >= 4 is 5.97 Å². The van der Waals surface area contributed by atoms with E-state index < -0.39 is 5.97 Å². The average Bonchev–Trinajstić information content (AvgIpc) is 2.60. The minimum atomic E-state index is -0.641. The van der Waals surface area contributed by atoms with Gasteiger partial charge in [0.2, 0.25) is 0 Å². The third-order valence-corrected chi connectivity index (χ3v) is 4.42. The summed E-state index contributed by atoms with van der Waals surface area (Å²) in [6.45, 7) is 2.35. The van der Waals surface area contributed by atoms with Gasteiger partial charge in [0.1, 0.15) is 0 Å². The lowest BCUT2D eigenvalue weighted by atomic mass is 10.0. The van der Waals surface area contributed by atoms with Crippen molar-refractivity contribution < 1.29 is 9.90 Å². The molecule has 0 amide bonds. The van der Waals surface area contributed by atoms with E-state index in [0.717, 1.165) is 19.0 Å². The molecular weight excluding hydrogens is 214 g/mol. The summed E-state index contributed by atoms with van der Waals surface area (Å²) in [7, 11) is 0. The Labute approximate surface area is 104 Å². The Bertz CT molecular complexity index is 247. The Balaban J connectivity index is 1.74. The van der Waals surface area contributed by atoms with Gasteiger partial charge in [0.25, 0.3) is 0 Å². The minimum Gasteiger partial charge on any atom is -0.481 e. The molecule has 1 saturated carbocycles. The Morgan fingerprint density at radius 3 is 2.47 bits per heavy atom. The first-order valence-electron chi connectivity index (χ1n) is 7.21. The Morgan fingerprint density at radius 1 is 1.12 bits per heavy atom. The van der Waals surface area contributed by atoms with Crippen LogP contribution in [-0.2, 0) is 4.79 Å². The minimum absolute atomic E-state index is 0.350. The van der Waals surface area contributed by atoms with E-state index in [1.54, 1.807) is 0 Å². The molecule has 2 fully saturated rings. The molecule has 0 aromatic rings. The third-order valence-electron chi connectivity index (χ3n) is 4.42. The molecule has 2 aliphatic rings. The van der Waals surface area contributed by atoms with Crippen LogP contribution in [0.2, 0.25) is 0 Å². The molecule has 1 heterocycles. The van der Waals surface area contributed by atoms with E-state index in [1.165, 1.54) is 51.5 Å². The second-order valence-corrected chi connectivity index (χ2v) is 5.73. The fourth-order valence-electron chi connectivity index (χ4n) is 3.38. The van der Waals surface area contributed by atoms with E-state index in [2.05, 4.69) is 4.90 Å². The van der Waals surface area contributed by atoms with E-state index >= 15 is 0 Å². The van der Waals surface area contributed by atoms with Gasteiger partial charge in [0.05, 0.1) is 0 Å². The third kappa shape index (κ3) is 3.98. The molecule has 2 rings (SSSR count). The molecule has 0 bridgehead atoms. The number of hydrogen-bond acceptors (Lipinski definition) is 2. The van der Waals surface area contributed by atoms with Crippen LogP contribution in [0.1, 0.15) is 57.8 Å². The molecule has 17 heavy (non-hydrogen) atoms. The molecule has 0 aromatic carbocycles. The van der Waals surface area contributed by atoms with E-state index in [0.29, 0.717) is 12.3 Å². The second-order valence-electron chi connectivity index (χ2n) is 5.73. The van der Waals surface area contributed by atoms with Gasteiger partial charge in [0.15, 0.2) is 0 Å². The van der Waals surface area contributed by atoms with Crippen LogP contribution in [0.5, 0.6) is 0 Å². The first-order valence-corrected chi connectivity index (χ1v) is 7.21. The number of rotatable bonds is 4. The van der Waals surface area contributed by atoms with Crippen molar-refractivity contribution in [3.63, 3.8) is 0 Å². The number of likely N-dealkylation sites (tertiary alicyclic amines) is 1. The van der Waals surface area contributed by atoms with Crippen molar-refractivity contribution in [3.8, 4) is 0 Å². The molecule has 0 radical (unpaired) electrons. The Kier molecular flexibility index (Phi) is 4.84. The van der Waals surface area contributed by atoms with Gasteiger partial charge in [-0.15, -0.1) is 0 Å². The zero-order valence-electron chi connectivity index (χ0n) is 10.7. The largest absolute Gasteiger partial charge is 0.481 e. The van der Waals surface area contributed by atoms with Crippen LogP contribution >= 0.6 is 0 Å². The van der Waals surface area contributed by atoms with Gasteiger partial charge in [-0.05, 0) is 38.1 Å². The molecule has 98 valence electrons. The van der Waals surface area contributed by atoms with Gasteiger partial charge >= 0.3 is 5.97 Å². The summed E-state index contributed by atoms with van der Waals surface area (Å²) in [6.07, 6.45) is 10.8. The number of carboxylic acid groups (broad SMARTS) is 1. The zero-order chi connectivity index (χ0) is 12.1. The molecule has 1 aliphatic heterocycles. The van der Waals surface area contributed by atoms with Crippen LogP contribution in [0.25, 0.3) is 0 Å². The van der Waals surface area contributed by atoms with Crippen LogP contribution < -0.4 is 0 Å². The summed E-state index contributed by atoms with van der Waals surface area (Å²) in [6, 6.07) is 0.798. The highest BCUT2D eigenvalue weighted by molar-refractivity contribution is 5.66. The van der Waals surface area contributed by atoms with E-state index in [9.17, 15) is 4.79 Å². The first kappa shape index (κ1) is 12.9. The number of aliphatic carboxylic acids is 1. The second kappa shape index (κ2) is 6.39. The highest BCUT2D eigenvalue weighted by Gasteiger charge is 2.28. The van der Waals surface area contributed by atoms with Crippen LogP contribution in [0.3, 0.4) is 0 Å². The summed E-state index contributed by atoms with van der Waals surface area (Å²) in [5, 5.41) is 8.71. The summed E-state index contributed by atoms with van der Waals surface area (Å²) >= 11 is 0. The van der Waals surface area contributed by atoms with Crippen LogP contribution in [0, 0.1) is 5.92 Å². The predicted molar refractivity (Wildman–Crippen MR) is 68.0 cm³/mol. The molecule has 1 aliphatic carbocycles. The highest BCUT2D eigenvalue weighted by atomic mass is 16.4. The maximum atomic E-state index is 10.6. The number of hydrogen-bond donors (Lipinski definition) is 1. The van der Waals surface area contributed by atoms with Crippen molar-refractivity contribution in [1.82, 2.24) is 4.90 Å². The Hall–Kier alpha value is -0.570. The number of carboxylic acids is 1. The lowest BCUT2D eigenvalue weighted by Crippen LogP contribution is -2.33. The molecular formula is C14H25NO2.